The Bertz CT molecular complexity index is 710. The Morgan fingerprint density at radius 2 is 2.04 bits per heavy atom. The Labute approximate surface area is 138 Å². The fourth-order valence-electron chi connectivity index (χ4n) is 1.83. The zero-order chi connectivity index (χ0) is 16.8. The number of ether oxygens (including phenoxy) is 1. The highest BCUT2D eigenvalue weighted by Crippen LogP contribution is 2.25. The first-order valence-electron chi connectivity index (χ1n) is 6.80. The van der Waals surface area contributed by atoms with E-state index in [0.29, 0.717) is 16.3 Å². The van der Waals surface area contributed by atoms with E-state index in [1.54, 1.807) is 30.5 Å². The van der Waals surface area contributed by atoms with Crippen LogP contribution in [0.4, 0.5) is 0 Å². The maximum absolute atomic E-state index is 11.6. The van der Waals surface area contributed by atoms with Crippen LogP contribution in [0.15, 0.2) is 41.8 Å². The molecule has 6 nitrogen and oxygen atoms in total. The normalized spacial score (nSPS) is 11.2. The predicted octanol–water partition coefficient (Wildman–Crippen LogP) is 2.59. The van der Waals surface area contributed by atoms with Gasteiger partial charge in [-0.25, -0.2) is 4.79 Å². The Morgan fingerprint density at radius 1 is 1.35 bits per heavy atom. The molecule has 0 aliphatic rings. The summed E-state index contributed by atoms with van der Waals surface area (Å²) in [5, 5.41) is 4.23. The van der Waals surface area contributed by atoms with Gasteiger partial charge in [-0.2, -0.15) is 0 Å². The number of carbonyl (C=O) groups excluding carboxylic acids is 1. The number of rotatable bonds is 5. The molecule has 2 rings (SSSR count). The van der Waals surface area contributed by atoms with E-state index in [4.69, 9.17) is 26.9 Å². The number of nitrogens with zero attached hydrogens (tertiary/aromatic N) is 2. The molecule has 7 heteroatoms. The molecule has 0 fully saturated rings. The minimum absolute atomic E-state index is 0.0598. The zero-order valence-corrected chi connectivity index (χ0v) is 13.5. The van der Waals surface area contributed by atoms with Crippen LogP contribution in [0.3, 0.4) is 0 Å². The maximum atomic E-state index is 11.6. The van der Waals surface area contributed by atoms with Crippen LogP contribution in [0, 0.1) is 13.8 Å². The van der Waals surface area contributed by atoms with Crippen molar-refractivity contribution in [2.24, 2.45) is 10.9 Å². The number of carbonyl (C=O) groups is 1. The predicted molar refractivity (Wildman–Crippen MR) is 87.5 cm³/mol. The van der Waals surface area contributed by atoms with Crippen LogP contribution in [0.1, 0.15) is 16.7 Å². The van der Waals surface area contributed by atoms with Gasteiger partial charge in [0.25, 0.3) is 0 Å². The molecule has 0 bridgehead atoms. The number of oxime groups is 1. The molecule has 2 N–H and O–H groups in total. The van der Waals surface area contributed by atoms with Crippen molar-refractivity contribution in [3.8, 4) is 5.75 Å². The summed E-state index contributed by atoms with van der Waals surface area (Å²) in [7, 11) is 0. The van der Waals surface area contributed by atoms with Gasteiger partial charge in [-0.1, -0.05) is 16.8 Å². The van der Waals surface area contributed by atoms with Gasteiger partial charge in [0.2, 0.25) is 0 Å². The Morgan fingerprint density at radius 3 is 2.65 bits per heavy atom. The van der Waals surface area contributed by atoms with Gasteiger partial charge in [0.15, 0.2) is 12.4 Å². The molecule has 0 saturated carbocycles. The first kappa shape index (κ1) is 16.8. The van der Waals surface area contributed by atoms with E-state index in [1.165, 1.54) is 6.20 Å². The lowest BCUT2D eigenvalue weighted by atomic mass is 10.1. The summed E-state index contributed by atoms with van der Waals surface area (Å²) in [5.41, 5.74) is 7.98. The molecular formula is C16H16ClN3O3. The summed E-state index contributed by atoms with van der Waals surface area (Å²) < 4.78 is 5.37. The highest BCUT2D eigenvalue weighted by atomic mass is 35.5. The van der Waals surface area contributed by atoms with E-state index >= 15 is 0 Å². The largest absolute Gasteiger partial charge is 0.482 e. The molecule has 1 aromatic carbocycles. The molecule has 0 aliphatic carbocycles. The number of amidine groups is 1. The third-order valence-electron chi connectivity index (χ3n) is 2.97. The van der Waals surface area contributed by atoms with Gasteiger partial charge in [-0.15, -0.1) is 0 Å². The monoisotopic (exact) mass is 333 g/mol. The lowest BCUT2D eigenvalue weighted by Crippen LogP contribution is -2.18. The van der Waals surface area contributed by atoms with E-state index in [-0.39, 0.29) is 12.4 Å². The molecule has 0 aliphatic heterocycles. The van der Waals surface area contributed by atoms with Crippen molar-refractivity contribution in [1.29, 1.82) is 0 Å². The fraction of sp³-hybridized carbons (Fsp3) is 0.188. The van der Waals surface area contributed by atoms with Crippen molar-refractivity contribution in [3.05, 3.63) is 58.4 Å². The SMILES string of the molecule is Cc1cc(OCC(=O)O/N=C(\N)c2cccnc2)cc(C)c1Cl. The zero-order valence-electron chi connectivity index (χ0n) is 12.7. The van der Waals surface area contributed by atoms with E-state index < -0.39 is 5.97 Å². The van der Waals surface area contributed by atoms with Crippen molar-refractivity contribution < 1.29 is 14.4 Å². The number of halogens is 1. The first-order valence-corrected chi connectivity index (χ1v) is 7.18. The lowest BCUT2D eigenvalue weighted by molar-refractivity contribution is -0.146. The number of nitrogens with two attached hydrogens (primary N) is 1. The molecule has 0 unspecified atom stereocenters. The topological polar surface area (TPSA) is 86.8 Å². The molecule has 0 saturated heterocycles. The Kier molecular flexibility index (Phi) is 5.54. The third kappa shape index (κ3) is 4.69. The van der Waals surface area contributed by atoms with Crippen molar-refractivity contribution in [3.63, 3.8) is 0 Å². The quantitative estimate of drug-likeness (QED) is 0.393. The minimum Gasteiger partial charge on any atom is -0.482 e. The number of benzene rings is 1. The summed E-state index contributed by atoms with van der Waals surface area (Å²) in [6.07, 6.45) is 3.12. The van der Waals surface area contributed by atoms with E-state index in [0.717, 1.165) is 11.1 Å². The first-order chi connectivity index (χ1) is 11.0. The van der Waals surface area contributed by atoms with Crippen LogP contribution in [-0.4, -0.2) is 23.4 Å². The van der Waals surface area contributed by atoms with Gasteiger partial charge < -0.3 is 15.3 Å². The highest BCUT2D eigenvalue weighted by molar-refractivity contribution is 6.32. The fourth-order valence-corrected chi connectivity index (χ4v) is 1.93. The van der Waals surface area contributed by atoms with Gasteiger partial charge >= 0.3 is 5.97 Å². The second-order valence-corrected chi connectivity index (χ2v) is 5.22. The van der Waals surface area contributed by atoms with Crippen molar-refractivity contribution in [1.82, 2.24) is 4.98 Å². The van der Waals surface area contributed by atoms with E-state index in [1.807, 2.05) is 13.8 Å². The molecule has 0 atom stereocenters. The third-order valence-corrected chi connectivity index (χ3v) is 3.57. The van der Waals surface area contributed by atoms with Crippen LogP contribution in [-0.2, 0) is 9.63 Å². The summed E-state index contributed by atoms with van der Waals surface area (Å²) in [6, 6.07) is 6.90. The number of hydrogen-bond acceptors (Lipinski definition) is 5. The summed E-state index contributed by atoms with van der Waals surface area (Å²) in [4.78, 5) is 20.2. The van der Waals surface area contributed by atoms with Gasteiger partial charge in [0.05, 0.1) is 0 Å². The molecule has 2 aromatic rings. The van der Waals surface area contributed by atoms with Crippen LogP contribution in [0.5, 0.6) is 5.75 Å². The standard InChI is InChI=1S/C16H16ClN3O3/c1-10-6-13(7-11(2)15(10)17)22-9-14(21)23-20-16(18)12-4-3-5-19-8-12/h3-8H,9H2,1-2H3,(H2,18,20). The van der Waals surface area contributed by atoms with Crippen molar-refractivity contribution >= 4 is 23.4 Å². The Balaban J connectivity index is 1.91. The van der Waals surface area contributed by atoms with Crippen LogP contribution >= 0.6 is 11.6 Å². The number of aryl methyl sites for hydroxylation is 2. The second-order valence-electron chi connectivity index (χ2n) is 4.84. The minimum atomic E-state index is -0.665. The van der Waals surface area contributed by atoms with Crippen LogP contribution in [0.25, 0.3) is 0 Å². The molecular weight excluding hydrogens is 318 g/mol. The number of aromatic nitrogens is 1. The molecule has 23 heavy (non-hydrogen) atoms. The Hall–Kier alpha value is -2.60. The van der Waals surface area contributed by atoms with E-state index in [2.05, 4.69) is 10.1 Å². The smallest absolute Gasteiger partial charge is 0.372 e. The van der Waals surface area contributed by atoms with Gasteiger partial charge in [-0.05, 0) is 49.2 Å². The van der Waals surface area contributed by atoms with Gasteiger partial charge in [0, 0.05) is 23.0 Å². The second kappa shape index (κ2) is 7.60. The molecule has 120 valence electrons. The van der Waals surface area contributed by atoms with Crippen molar-refractivity contribution in [2.75, 3.05) is 6.61 Å². The molecule has 1 aromatic heterocycles. The van der Waals surface area contributed by atoms with Gasteiger partial charge in [0.1, 0.15) is 5.75 Å². The summed E-state index contributed by atoms with van der Waals surface area (Å²) >= 11 is 6.07. The summed E-state index contributed by atoms with van der Waals surface area (Å²) in [5.74, 6) is -0.0720. The number of pyridine rings is 1. The maximum Gasteiger partial charge on any atom is 0.372 e. The highest BCUT2D eigenvalue weighted by Gasteiger charge is 2.08. The molecule has 0 amide bonds. The van der Waals surface area contributed by atoms with Gasteiger partial charge in [-0.3, -0.25) is 4.98 Å². The summed E-state index contributed by atoms with van der Waals surface area (Å²) in [6.45, 7) is 3.43. The molecule has 0 radical (unpaired) electrons. The average molecular weight is 334 g/mol. The lowest BCUT2D eigenvalue weighted by Gasteiger charge is -2.08. The van der Waals surface area contributed by atoms with Crippen LogP contribution in [0.2, 0.25) is 5.02 Å². The van der Waals surface area contributed by atoms with E-state index in [9.17, 15) is 4.79 Å². The molecule has 0 spiro atoms. The average Bonchev–Trinajstić information content (AvgIpc) is 2.56. The molecule has 1 heterocycles. The van der Waals surface area contributed by atoms with Crippen LogP contribution < -0.4 is 10.5 Å². The number of hydrogen-bond donors (Lipinski definition) is 1. The van der Waals surface area contributed by atoms with Crippen molar-refractivity contribution in [2.45, 2.75) is 13.8 Å².